The molecule has 5 rings (SSSR count). The largest absolute Gasteiger partial charge is 0.497 e. The average molecular weight is 394 g/mol. The minimum atomic E-state index is -0.857. The fourth-order valence-electron chi connectivity index (χ4n) is 4.32. The minimum absolute atomic E-state index is 0.0832. The molecule has 2 bridgehead atoms. The number of aliphatic hydroxyl groups is 1. The Labute approximate surface area is 170 Å². The first-order valence-corrected chi connectivity index (χ1v) is 10.0. The zero-order chi connectivity index (χ0) is 20.4. The lowest BCUT2D eigenvalue weighted by Gasteiger charge is -2.48. The fourth-order valence-corrected chi connectivity index (χ4v) is 4.32. The van der Waals surface area contributed by atoms with E-state index in [1.54, 1.807) is 16.9 Å². The van der Waals surface area contributed by atoms with Crippen LogP contribution >= 0.6 is 0 Å². The van der Waals surface area contributed by atoms with Crippen LogP contribution in [0, 0.1) is 0 Å². The Morgan fingerprint density at radius 3 is 2.24 bits per heavy atom. The fraction of sp³-hybridized carbons (Fsp3) is 0.391. The van der Waals surface area contributed by atoms with Crippen LogP contribution in [0.2, 0.25) is 0 Å². The number of piperazine rings is 1. The Morgan fingerprint density at radius 2 is 1.55 bits per heavy atom. The van der Waals surface area contributed by atoms with Crippen LogP contribution in [-0.2, 0) is 22.7 Å². The smallest absolute Gasteiger partial charge is 0.249 e. The van der Waals surface area contributed by atoms with Gasteiger partial charge >= 0.3 is 0 Å². The molecule has 152 valence electrons. The van der Waals surface area contributed by atoms with Gasteiger partial charge in [-0.2, -0.15) is 0 Å². The molecule has 6 heteroatoms. The van der Waals surface area contributed by atoms with Crippen LogP contribution < -0.4 is 4.74 Å². The van der Waals surface area contributed by atoms with E-state index >= 15 is 0 Å². The number of fused-ring (bicyclic) bond motifs is 5. The summed E-state index contributed by atoms with van der Waals surface area (Å²) >= 11 is 0. The maximum absolute atomic E-state index is 13.4. The van der Waals surface area contributed by atoms with Crippen LogP contribution in [0.3, 0.4) is 0 Å². The summed E-state index contributed by atoms with van der Waals surface area (Å²) < 4.78 is 5.19. The summed E-state index contributed by atoms with van der Waals surface area (Å²) in [5.41, 5.74) is 1.89. The summed E-state index contributed by atoms with van der Waals surface area (Å²) in [6.07, 6.45) is 0.964. The van der Waals surface area contributed by atoms with Gasteiger partial charge in [0.15, 0.2) is 0 Å². The van der Waals surface area contributed by atoms with Gasteiger partial charge in [-0.05, 0) is 42.5 Å². The standard InChI is InChI=1S/C23H26N2O4/c1-29-18-12-10-17(11-13-18)15-25-21-20(26)9-5-8-19(22(25)27)24(23(21)28)14-16-6-3-2-4-7-16/h2-4,6-7,10-13,19-21,26H,5,8-9,14-15H2,1H3/t19-,20+,21-/m0/s1. The van der Waals surface area contributed by atoms with Crippen LogP contribution in [0.1, 0.15) is 30.4 Å². The van der Waals surface area contributed by atoms with E-state index in [0.29, 0.717) is 25.9 Å². The number of benzene rings is 2. The lowest BCUT2D eigenvalue weighted by atomic mass is 9.89. The molecule has 29 heavy (non-hydrogen) atoms. The number of carbonyl (C=O) groups is 2. The molecule has 0 aliphatic carbocycles. The maximum atomic E-state index is 13.4. The van der Waals surface area contributed by atoms with E-state index in [-0.39, 0.29) is 11.8 Å². The second kappa shape index (κ2) is 8.25. The van der Waals surface area contributed by atoms with Gasteiger partial charge in [0.1, 0.15) is 17.8 Å². The summed E-state index contributed by atoms with van der Waals surface area (Å²) in [5.74, 6) is 0.485. The van der Waals surface area contributed by atoms with Gasteiger partial charge in [-0.15, -0.1) is 0 Å². The molecule has 0 saturated carbocycles. The first-order valence-electron chi connectivity index (χ1n) is 10.0. The van der Waals surface area contributed by atoms with Crippen molar-refractivity contribution in [2.24, 2.45) is 0 Å². The predicted octanol–water partition coefficient (Wildman–Crippen LogP) is 2.35. The van der Waals surface area contributed by atoms with Crippen LogP contribution in [-0.4, -0.2) is 52.0 Å². The molecule has 0 spiro atoms. The number of methoxy groups -OCH3 is 1. The second-order valence-corrected chi connectivity index (χ2v) is 7.72. The zero-order valence-electron chi connectivity index (χ0n) is 16.5. The SMILES string of the molecule is COc1ccc(CN2C(=O)[C@@H]3CCC[C@@H](O)[C@H]2C(=O)N3Cc2ccccc2)cc1. The molecule has 3 heterocycles. The topological polar surface area (TPSA) is 70.1 Å². The van der Waals surface area contributed by atoms with Gasteiger partial charge in [-0.25, -0.2) is 0 Å². The minimum Gasteiger partial charge on any atom is -0.497 e. The Hall–Kier alpha value is -2.86. The number of hydrogen-bond donors (Lipinski definition) is 1. The Bertz CT molecular complexity index is 868. The molecular formula is C23H26N2O4. The molecule has 0 radical (unpaired) electrons. The molecule has 3 atom stereocenters. The third kappa shape index (κ3) is 3.85. The van der Waals surface area contributed by atoms with Gasteiger partial charge in [0.2, 0.25) is 11.8 Å². The highest BCUT2D eigenvalue weighted by Gasteiger charge is 2.49. The monoisotopic (exact) mass is 394 g/mol. The Morgan fingerprint density at radius 1 is 0.897 bits per heavy atom. The second-order valence-electron chi connectivity index (χ2n) is 7.72. The summed E-state index contributed by atoms with van der Waals surface area (Å²) in [6, 6.07) is 15.8. The first kappa shape index (κ1) is 19.5. The predicted molar refractivity (Wildman–Crippen MR) is 108 cm³/mol. The maximum Gasteiger partial charge on any atom is 0.249 e. The highest BCUT2D eigenvalue weighted by molar-refractivity contribution is 5.97. The molecule has 2 aromatic carbocycles. The number of nitrogens with zero attached hydrogens (tertiary/aromatic N) is 2. The van der Waals surface area contributed by atoms with Crippen LogP contribution in [0.15, 0.2) is 54.6 Å². The van der Waals surface area contributed by atoms with Crippen molar-refractivity contribution in [3.63, 3.8) is 0 Å². The number of ether oxygens (including phenoxy) is 1. The van der Waals surface area contributed by atoms with Crippen LogP contribution in [0.5, 0.6) is 5.75 Å². The van der Waals surface area contributed by atoms with E-state index < -0.39 is 18.2 Å². The van der Waals surface area contributed by atoms with Gasteiger partial charge < -0.3 is 19.6 Å². The van der Waals surface area contributed by atoms with E-state index in [4.69, 9.17) is 4.74 Å². The number of aliphatic hydroxyl groups excluding tert-OH is 1. The van der Waals surface area contributed by atoms with Crippen LogP contribution in [0.25, 0.3) is 0 Å². The normalized spacial score (nSPS) is 24.4. The molecule has 2 aromatic rings. The van der Waals surface area contributed by atoms with Crippen molar-refractivity contribution in [1.29, 1.82) is 0 Å². The molecule has 0 unspecified atom stereocenters. The zero-order valence-corrected chi connectivity index (χ0v) is 16.5. The third-order valence-corrected chi connectivity index (χ3v) is 5.87. The summed E-state index contributed by atoms with van der Waals surface area (Å²) in [7, 11) is 1.60. The molecular weight excluding hydrogens is 368 g/mol. The van der Waals surface area contributed by atoms with Gasteiger partial charge in [0.25, 0.3) is 0 Å². The number of amides is 2. The van der Waals surface area contributed by atoms with Crippen molar-refractivity contribution in [3.8, 4) is 5.75 Å². The number of rotatable bonds is 5. The molecule has 0 aromatic heterocycles. The van der Waals surface area contributed by atoms with Crippen molar-refractivity contribution in [2.45, 2.75) is 50.5 Å². The molecule has 3 aliphatic rings. The Kier molecular flexibility index (Phi) is 5.53. The summed E-state index contributed by atoms with van der Waals surface area (Å²) in [5, 5.41) is 10.7. The van der Waals surface area contributed by atoms with Crippen LogP contribution in [0.4, 0.5) is 0 Å². The summed E-state index contributed by atoms with van der Waals surface area (Å²) in [4.78, 5) is 30.0. The van der Waals surface area contributed by atoms with E-state index in [9.17, 15) is 14.7 Å². The van der Waals surface area contributed by atoms with Gasteiger partial charge in [0, 0.05) is 13.1 Å². The highest BCUT2D eigenvalue weighted by atomic mass is 16.5. The van der Waals surface area contributed by atoms with Crippen molar-refractivity contribution in [1.82, 2.24) is 9.80 Å². The van der Waals surface area contributed by atoms with E-state index in [2.05, 4.69) is 0 Å². The lowest BCUT2D eigenvalue weighted by Crippen LogP contribution is -2.68. The van der Waals surface area contributed by atoms with Gasteiger partial charge in [0.05, 0.1) is 13.2 Å². The molecule has 6 nitrogen and oxygen atoms in total. The quantitative estimate of drug-likeness (QED) is 0.845. The highest BCUT2D eigenvalue weighted by Crippen LogP contribution is 2.31. The van der Waals surface area contributed by atoms with E-state index in [1.807, 2.05) is 54.6 Å². The Balaban J connectivity index is 1.62. The third-order valence-electron chi connectivity index (χ3n) is 5.87. The molecule has 3 saturated heterocycles. The van der Waals surface area contributed by atoms with Gasteiger partial charge in [-0.3, -0.25) is 9.59 Å². The molecule has 3 fully saturated rings. The number of hydrogen-bond acceptors (Lipinski definition) is 4. The average Bonchev–Trinajstić information content (AvgIpc) is 2.74. The van der Waals surface area contributed by atoms with Crippen molar-refractivity contribution in [2.75, 3.05) is 7.11 Å². The van der Waals surface area contributed by atoms with Crippen molar-refractivity contribution < 1.29 is 19.4 Å². The molecule has 1 N–H and O–H groups in total. The molecule has 3 aliphatic heterocycles. The molecule has 2 amide bonds. The lowest BCUT2D eigenvalue weighted by molar-refractivity contribution is -0.171. The number of carbonyl (C=O) groups excluding carboxylic acids is 2. The van der Waals surface area contributed by atoms with Gasteiger partial charge in [-0.1, -0.05) is 42.5 Å². The first-order chi connectivity index (χ1) is 14.1. The van der Waals surface area contributed by atoms with E-state index in [1.165, 1.54) is 0 Å². The van der Waals surface area contributed by atoms with Crippen molar-refractivity contribution >= 4 is 11.8 Å². The van der Waals surface area contributed by atoms with Crippen molar-refractivity contribution in [3.05, 3.63) is 65.7 Å². The summed E-state index contributed by atoms with van der Waals surface area (Å²) in [6.45, 7) is 0.682. The van der Waals surface area contributed by atoms with E-state index in [0.717, 1.165) is 23.3 Å².